The maximum atomic E-state index is 10.8. The van der Waals surface area contributed by atoms with Crippen molar-refractivity contribution >= 4 is 12.6 Å². The van der Waals surface area contributed by atoms with Crippen molar-refractivity contribution in [2.45, 2.75) is 118 Å². The van der Waals surface area contributed by atoms with E-state index < -0.39 is 0 Å². The molecule has 0 rings (SSSR count). The third-order valence-corrected chi connectivity index (χ3v) is 4.39. The molecule has 0 aromatic heterocycles. The molecule has 152 valence electrons. The zero-order valence-corrected chi connectivity index (χ0v) is 18.0. The Morgan fingerprint density at radius 2 is 1.12 bits per heavy atom. The van der Waals surface area contributed by atoms with Crippen molar-refractivity contribution in [3.8, 4) is 0 Å². The molecule has 0 aliphatic carbocycles. The molecule has 0 amide bonds. The first-order valence-corrected chi connectivity index (χ1v) is 10.9. The van der Waals surface area contributed by atoms with Gasteiger partial charge in [-0.05, 0) is 56.6 Å². The number of carbonyl (C=O) groups excluding carboxylic acids is 2. The minimum absolute atomic E-state index is 0.862. The summed E-state index contributed by atoms with van der Waals surface area (Å²) in [6.45, 7) is 8.46. The summed E-state index contributed by atoms with van der Waals surface area (Å²) in [4.78, 5) is 20.9. The van der Waals surface area contributed by atoms with E-state index in [1.807, 2.05) is 13.0 Å². The van der Waals surface area contributed by atoms with Crippen molar-refractivity contribution < 1.29 is 9.59 Å². The SMILES string of the molecule is CCCCCCC=C(C)C=O.CCCCCCC=C(C=O)CCCCC. The van der Waals surface area contributed by atoms with Gasteiger partial charge in [-0.2, -0.15) is 0 Å². The highest BCUT2D eigenvalue weighted by atomic mass is 16.1. The van der Waals surface area contributed by atoms with Crippen molar-refractivity contribution in [3.05, 3.63) is 23.3 Å². The van der Waals surface area contributed by atoms with Gasteiger partial charge in [0.05, 0.1) is 0 Å². The third kappa shape index (κ3) is 22.8. The molecule has 0 atom stereocenters. The van der Waals surface area contributed by atoms with Crippen LogP contribution in [-0.2, 0) is 9.59 Å². The molecule has 0 aromatic carbocycles. The summed E-state index contributed by atoms with van der Waals surface area (Å²) in [6.07, 6.45) is 23.1. The molecule has 0 N–H and O–H groups in total. The molecule has 0 unspecified atom stereocenters. The molecule has 0 radical (unpaired) electrons. The Kier molecular flexibility index (Phi) is 24.8. The van der Waals surface area contributed by atoms with E-state index in [4.69, 9.17) is 0 Å². The van der Waals surface area contributed by atoms with Gasteiger partial charge in [0.25, 0.3) is 0 Å². The first kappa shape index (κ1) is 27.0. The van der Waals surface area contributed by atoms with Gasteiger partial charge in [-0.25, -0.2) is 0 Å². The molecule has 0 heterocycles. The van der Waals surface area contributed by atoms with E-state index in [0.29, 0.717) is 0 Å². The number of rotatable bonds is 16. The number of allylic oxidation sites excluding steroid dienone is 4. The van der Waals surface area contributed by atoms with Crippen LogP contribution in [0.25, 0.3) is 0 Å². The average Bonchev–Trinajstić information content (AvgIpc) is 2.66. The van der Waals surface area contributed by atoms with E-state index >= 15 is 0 Å². The number of carbonyl (C=O) groups is 2. The summed E-state index contributed by atoms with van der Waals surface area (Å²) in [5.41, 5.74) is 1.88. The second-order valence-corrected chi connectivity index (χ2v) is 7.12. The number of unbranched alkanes of at least 4 members (excludes halogenated alkanes) is 10. The summed E-state index contributed by atoms with van der Waals surface area (Å²) in [6, 6.07) is 0. The van der Waals surface area contributed by atoms with Crippen molar-refractivity contribution in [2.24, 2.45) is 0 Å². The number of hydrogen-bond acceptors (Lipinski definition) is 2. The number of aldehydes is 2. The van der Waals surface area contributed by atoms with Crippen LogP contribution in [0.1, 0.15) is 118 Å². The first-order valence-electron chi connectivity index (χ1n) is 10.9. The van der Waals surface area contributed by atoms with E-state index in [-0.39, 0.29) is 0 Å². The molecule has 0 bridgehead atoms. The summed E-state index contributed by atoms with van der Waals surface area (Å²) in [5, 5.41) is 0. The zero-order valence-electron chi connectivity index (χ0n) is 18.0. The van der Waals surface area contributed by atoms with Gasteiger partial charge in [0.15, 0.2) is 0 Å². The molecule has 0 spiro atoms. The second kappa shape index (κ2) is 23.8. The summed E-state index contributed by atoms with van der Waals surface area (Å²) >= 11 is 0. The Labute approximate surface area is 163 Å². The maximum Gasteiger partial charge on any atom is 0.145 e. The molecule has 2 heteroatoms. The van der Waals surface area contributed by atoms with Gasteiger partial charge in [0, 0.05) is 0 Å². The van der Waals surface area contributed by atoms with Gasteiger partial charge >= 0.3 is 0 Å². The van der Waals surface area contributed by atoms with Crippen molar-refractivity contribution in [1.82, 2.24) is 0 Å². The van der Waals surface area contributed by atoms with Crippen molar-refractivity contribution in [3.63, 3.8) is 0 Å². The van der Waals surface area contributed by atoms with Crippen LogP contribution >= 0.6 is 0 Å². The van der Waals surface area contributed by atoms with E-state index in [1.165, 1.54) is 64.2 Å². The van der Waals surface area contributed by atoms with Crippen LogP contribution in [0.3, 0.4) is 0 Å². The van der Waals surface area contributed by atoms with Crippen LogP contribution in [0, 0.1) is 0 Å². The highest BCUT2D eigenvalue weighted by Gasteiger charge is 1.95. The fraction of sp³-hybridized carbons (Fsp3) is 0.750. The number of hydrogen-bond donors (Lipinski definition) is 0. The van der Waals surface area contributed by atoms with Crippen LogP contribution in [0.4, 0.5) is 0 Å². The lowest BCUT2D eigenvalue weighted by atomic mass is 10.1. The van der Waals surface area contributed by atoms with E-state index in [1.54, 1.807) is 0 Å². The van der Waals surface area contributed by atoms with E-state index in [0.717, 1.165) is 49.4 Å². The van der Waals surface area contributed by atoms with Crippen molar-refractivity contribution in [1.29, 1.82) is 0 Å². The summed E-state index contributed by atoms with van der Waals surface area (Å²) in [5.74, 6) is 0. The van der Waals surface area contributed by atoms with Crippen LogP contribution in [-0.4, -0.2) is 12.6 Å². The highest BCUT2D eigenvalue weighted by Crippen LogP contribution is 2.10. The largest absolute Gasteiger partial charge is 0.298 e. The summed E-state index contributed by atoms with van der Waals surface area (Å²) in [7, 11) is 0. The molecular weight excluding hydrogens is 320 g/mol. The molecule has 0 aliphatic heterocycles. The lowest BCUT2D eigenvalue weighted by molar-refractivity contribution is -0.105. The van der Waals surface area contributed by atoms with Gasteiger partial charge in [-0.3, -0.25) is 9.59 Å². The Bertz CT molecular complexity index is 366. The highest BCUT2D eigenvalue weighted by molar-refractivity contribution is 5.73. The average molecular weight is 365 g/mol. The molecule has 0 aromatic rings. The van der Waals surface area contributed by atoms with Crippen LogP contribution in [0.15, 0.2) is 23.3 Å². The minimum atomic E-state index is 0.862. The molecule has 0 saturated heterocycles. The summed E-state index contributed by atoms with van der Waals surface area (Å²) < 4.78 is 0. The first-order chi connectivity index (χ1) is 12.7. The molecule has 26 heavy (non-hydrogen) atoms. The zero-order chi connectivity index (χ0) is 19.9. The second-order valence-electron chi connectivity index (χ2n) is 7.12. The Hall–Kier alpha value is -1.18. The lowest BCUT2D eigenvalue weighted by Gasteiger charge is -2.00. The predicted octanol–water partition coefficient (Wildman–Crippen LogP) is 7.76. The van der Waals surface area contributed by atoms with E-state index in [2.05, 4.69) is 26.8 Å². The lowest BCUT2D eigenvalue weighted by Crippen LogP contribution is -1.86. The van der Waals surface area contributed by atoms with Crippen LogP contribution in [0.5, 0.6) is 0 Å². The molecule has 0 saturated carbocycles. The Morgan fingerprint density at radius 3 is 1.58 bits per heavy atom. The molecule has 0 fully saturated rings. The fourth-order valence-electron chi connectivity index (χ4n) is 2.60. The maximum absolute atomic E-state index is 10.8. The van der Waals surface area contributed by atoms with Crippen LogP contribution < -0.4 is 0 Å². The smallest absolute Gasteiger partial charge is 0.145 e. The van der Waals surface area contributed by atoms with Gasteiger partial charge in [0.2, 0.25) is 0 Å². The van der Waals surface area contributed by atoms with Gasteiger partial charge in [-0.15, -0.1) is 0 Å². The quantitative estimate of drug-likeness (QED) is 0.159. The minimum Gasteiger partial charge on any atom is -0.298 e. The van der Waals surface area contributed by atoms with E-state index in [9.17, 15) is 9.59 Å². The molecule has 2 nitrogen and oxygen atoms in total. The normalized spacial score (nSPS) is 11.7. The van der Waals surface area contributed by atoms with Gasteiger partial charge in [0.1, 0.15) is 12.6 Å². The molecule has 0 aliphatic rings. The monoisotopic (exact) mass is 364 g/mol. The van der Waals surface area contributed by atoms with Gasteiger partial charge in [-0.1, -0.05) is 84.3 Å². The Balaban J connectivity index is 0. The Morgan fingerprint density at radius 1 is 0.615 bits per heavy atom. The third-order valence-electron chi connectivity index (χ3n) is 4.39. The standard InChI is InChI=1S/C14H26O.C10H18O/c1-3-5-7-8-10-12-14(13-15)11-9-6-4-2;1-3-4-5-6-7-8-10(2)9-11/h12-13H,3-11H2,1-2H3;8-9H,3-7H2,1-2H3. The molecular formula is C24H44O2. The fourth-order valence-corrected chi connectivity index (χ4v) is 2.60. The van der Waals surface area contributed by atoms with Gasteiger partial charge < -0.3 is 0 Å². The predicted molar refractivity (Wildman–Crippen MR) is 116 cm³/mol. The van der Waals surface area contributed by atoms with Crippen molar-refractivity contribution in [2.75, 3.05) is 0 Å². The topological polar surface area (TPSA) is 34.1 Å². The van der Waals surface area contributed by atoms with Crippen LogP contribution in [0.2, 0.25) is 0 Å².